The first kappa shape index (κ1) is 20.8. The molecule has 4 rings (SSSR count). The predicted molar refractivity (Wildman–Crippen MR) is 121 cm³/mol. The second kappa shape index (κ2) is 8.00. The Balaban J connectivity index is 1.81. The van der Waals surface area contributed by atoms with E-state index in [0.717, 1.165) is 41.3 Å². The maximum Gasteiger partial charge on any atom is 0.267 e. The van der Waals surface area contributed by atoms with E-state index in [1.807, 2.05) is 6.07 Å². The molecule has 0 atom stereocenters. The van der Waals surface area contributed by atoms with Gasteiger partial charge < -0.3 is 0 Å². The zero-order chi connectivity index (χ0) is 21.5. The third-order valence-corrected chi connectivity index (χ3v) is 8.04. The lowest BCUT2D eigenvalue weighted by Gasteiger charge is -2.22. The van der Waals surface area contributed by atoms with Crippen molar-refractivity contribution in [1.82, 2.24) is 10.2 Å². The zero-order valence-corrected chi connectivity index (χ0v) is 19.2. The number of aryl methyl sites for hydroxylation is 1. The highest BCUT2D eigenvalue weighted by Crippen LogP contribution is 2.32. The summed E-state index contributed by atoms with van der Waals surface area (Å²) in [6.07, 6.45) is 3.47. The van der Waals surface area contributed by atoms with Crippen molar-refractivity contribution in [3.63, 3.8) is 0 Å². The summed E-state index contributed by atoms with van der Waals surface area (Å²) in [7, 11) is -2.23. The molecule has 156 valence electrons. The molecule has 1 aliphatic carbocycles. The summed E-state index contributed by atoms with van der Waals surface area (Å²) in [5.74, 6) is 0. The summed E-state index contributed by atoms with van der Waals surface area (Å²) in [5, 5.41) is 6.86. The number of anilines is 1. The number of nitrogens with zero attached hydrogens (tertiary/aromatic N) is 2. The minimum atomic E-state index is -3.78. The van der Waals surface area contributed by atoms with Crippen LogP contribution in [0.3, 0.4) is 0 Å². The van der Waals surface area contributed by atoms with E-state index in [-0.39, 0.29) is 10.5 Å². The molecule has 0 spiro atoms. The summed E-state index contributed by atoms with van der Waals surface area (Å²) in [6, 6.07) is 12.4. The van der Waals surface area contributed by atoms with E-state index < -0.39 is 10.0 Å². The standard InChI is InChI=1S/C22H22BrN3O3S/c1-14-7-8-15(21-18-5-3-4-6-19(18)22(27)25-24-21)13-20(14)30(28,29)26(2)17-11-9-16(23)10-12-17/h7-13H,3-6H2,1-2H3,(H,25,27). The monoisotopic (exact) mass is 487 g/mol. The second-order valence-electron chi connectivity index (χ2n) is 7.49. The molecular formula is C22H22BrN3O3S. The number of benzene rings is 2. The number of nitrogens with one attached hydrogen (secondary N) is 1. The van der Waals surface area contributed by atoms with Crippen LogP contribution in [-0.4, -0.2) is 25.7 Å². The lowest BCUT2D eigenvalue weighted by Crippen LogP contribution is -2.27. The number of hydrogen-bond acceptors (Lipinski definition) is 4. The molecule has 0 radical (unpaired) electrons. The molecule has 0 bridgehead atoms. The number of aromatic amines is 1. The summed E-state index contributed by atoms with van der Waals surface area (Å²) >= 11 is 3.37. The van der Waals surface area contributed by atoms with Crippen molar-refractivity contribution in [2.45, 2.75) is 37.5 Å². The van der Waals surface area contributed by atoms with E-state index in [4.69, 9.17) is 0 Å². The van der Waals surface area contributed by atoms with Gasteiger partial charge in [0.05, 0.1) is 16.3 Å². The SMILES string of the molecule is Cc1ccc(-c2n[nH]c(=O)c3c2CCCC3)cc1S(=O)(=O)N(C)c1ccc(Br)cc1. The van der Waals surface area contributed by atoms with Crippen molar-refractivity contribution in [3.05, 3.63) is 74.0 Å². The summed E-state index contributed by atoms with van der Waals surface area (Å²) in [4.78, 5) is 12.4. The van der Waals surface area contributed by atoms with Gasteiger partial charge in [-0.3, -0.25) is 9.10 Å². The van der Waals surface area contributed by atoms with Crippen LogP contribution in [0.25, 0.3) is 11.3 Å². The number of rotatable bonds is 4. The van der Waals surface area contributed by atoms with E-state index >= 15 is 0 Å². The Morgan fingerprint density at radius 1 is 1.03 bits per heavy atom. The van der Waals surface area contributed by atoms with E-state index in [1.54, 1.807) is 50.4 Å². The smallest absolute Gasteiger partial charge is 0.267 e. The number of hydrogen-bond donors (Lipinski definition) is 1. The fourth-order valence-corrected chi connectivity index (χ4v) is 5.57. The van der Waals surface area contributed by atoms with E-state index in [1.165, 1.54) is 4.31 Å². The van der Waals surface area contributed by atoms with Crippen LogP contribution < -0.4 is 9.86 Å². The molecule has 1 N–H and O–H groups in total. The first-order chi connectivity index (χ1) is 14.3. The largest absolute Gasteiger partial charge is 0.269 e. The van der Waals surface area contributed by atoms with Crippen molar-refractivity contribution in [3.8, 4) is 11.3 Å². The van der Waals surface area contributed by atoms with Crippen molar-refractivity contribution in [2.75, 3.05) is 11.4 Å². The quantitative estimate of drug-likeness (QED) is 0.597. The average Bonchev–Trinajstić information content (AvgIpc) is 2.75. The number of H-pyrrole nitrogens is 1. The molecule has 0 saturated heterocycles. The van der Waals surface area contributed by atoms with Gasteiger partial charge in [0.25, 0.3) is 15.6 Å². The van der Waals surface area contributed by atoms with Gasteiger partial charge in [0, 0.05) is 22.6 Å². The van der Waals surface area contributed by atoms with E-state index in [0.29, 0.717) is 22.5 Å². The van der Waals surface area contributed by atoms with Gasteiger partial charge in [-0.15, -0.1) is 0 Å². The summed E-state index contributed by atoms with van der Waals surface area (Å²) in [5.41, 5.74) is 4.12. The molecule has 30 heavy (non-hydrogen) atoms. The third-order valence-electron chi connectivity index (χ3n) is 5.59. The van der Waals surface area contributed by atoms with Gasteiger partial charge in [-0.1, -0.05) is 28.1 Å². The topological polar surface area (TPSA) is 83.1 Å². The molecule has 0 aliphatic heterocycles. The summed E-state index contributed by atoms with van der Waals surface area (Å²) < 4.78 is 29.0. The van der Waals surface area contributed by atoms with Gasteiger partial charge in [0.1, 0.15) is 0 Å². The first-order valence-corrected chi connectivity index (χ1v) is 12.0. The highest BCUT2D eigenvalue weighted by atomic mass is 79.9. The van der Waals surface area contributed by atoms with Crippen molar-refractivity contribution >= 4 is 31.6 Å². The van der Waals surface area contributed by atoms with Crippen LogP contribution in [0.1, 0.15) is 29.5 Å². The van der Waals surface area contributed by atoms with Crippen molar-refractivity contribution in [2.24, 2.45) is 0 Å². The van der Waals surface area contributed by atoms with Crippen molar-refractivity contribution < 1.29 is 8.42 Å². The van der Waals surface area contributed by atoms with Crippen LogP contribution in [0, 0.1) is 6.92 Å². The maximum atomic E-state index is 13.4. The van der Waals surface area contributed by atoms with Crippen LogP contribution in [0.15, 0.2) is 56.6 Å². The Bertz CT molecular complexity index is 1270. The van der Waals surface area contributed by atoms with Gasteiger partial charge in [0.15, 0.2) is 0 Å². The molecule has 2 aromatic carbocycles. The Morgan fingerprint density at radius 3 is 2.40 bits per heavy atom. The van der Waals surface area contributed by atoms with Gasteiger partial charge in [-0.05, 0) is 74.1 Å². The molecule has 8 heteroatoms. The van der Waals surface area contributed by atoms with Crippen LogP contribution in [0.5, 0.6) is 0 Å². The first-order valence-electron chi connectivity index (χ1n) is 9.75. The molecule has 3 aromatic rings. The molecule has 0 amide bonds. The van der Waals surface area contributed by atoms with Crippen LogP contribution >= 0.6 is 15.9 Å². The molecule has 1 aliphatic rings. The molecule has 0 unspecified atom stereocenters. The van der Waals surface area contributed by atoms with Gasteiger partial charge in [-0.25, -0.2) is 13.5 Å². The van der Waals surface area contributed by atoms with Gasteiger partial charge in [0.2, 0.25) is 0 Å². The van der Waals surface area contributed by atoms with Crippen LogP contribution in [-0.2, 0) is 22.9 Å². The third kappa shape index (κ3) is 3.70. The molecule has 6 nitrogen and oxygen atoms in total. The average molecular weight is 488 g/mol. The van der Waals surface area contributed by atoms with Crippen LogP contribution in [0.4, 0.5) is 5.69 Å². The zero-order valence-electron chi connectivity index (χ0n) is 16.8. The fourth-order valence-electron chi connectivity index (χ4n) is 3.86. The van der Waals surface area contributed by atoms with Crippen LogP contribution in [0.2, 0.25) is 0 Å². The van der Waals surface area contributed by atoms with Gasteiger partial charge in [-0.2, -0.15) is 5.10 Å². The Hall–Kier alpha value is -2.45. The number of sulfonamides is 1. The molecular weight excluding hydrogens is 466 g/mol. The van der Waals surface area contributed by atoms with E-state index in [9.17, 15) is 13.2 Å². The second-order valence-corrected chi connectivity index (χ2v) is 10.3. The maximum absolute atomic E-state index is 13.4. The minimum Gasteiger partial charge on any atom is -0.269 e. The van der Waals surface area contributed by atoms with Crippen molar-refractivity contribution in [1.29, 1.82) is 0 Å². The molecule has 0 fully saturated rings. The molecule has 0 saturated carbocycles. The lowest BCUT2D eigenvalue weighted by molar-refractivity contribution is 0.594. The Labute approximate surface area is 184 Å². The number of fused-ring (bicyclic) bond motifs is 1. The highest BCUT2D eigenvalue weighted by molar-refractivity contribution is 9.10. The Kier molecular flexibility index (Phi) is 5.55. The Morgan fingerprint density at radius 2 is 1.70 bits per heavy atom. The minimum absolute atomic E-state index is 0.150. The lowest BCUT2D eigenvalue weighted by atomic mass is 9.90. The number of halogens is 1. The normalized spacial score (nSPS) is 13.7. The number of aromatic nitrogens is 2. The van der Waals surface area contributed by atoms with Gasteiger partial charge >= 0.3 is 0 Å². The molecule has 1 aromatic heterocycles. The highest BCUT2D eigenvalue weighted by Gasteiger charge is 2.25. The fraction of sp³-hybridized carbons (Fsp3) is 0.273. The molecule has 1 heterocycles. The predicted octanol–water partition coefficient (Wildman–Crippen LogP) is 4.21. The summed E-state index contributed by atoms with van der Waals surface area (Å²) in [6.45, 7) is 1.78. The van der Waals surface area contributed by atoms with E-state index in [2.05, 4.69) is 26.1 Å².